The Morgan fingerprint density at radius 2 is 1.93 bits per heavy atom. The molecule has 1 aromatic carbocycles. The number of rotatable bonds is 7. The third-order valence-electron chi connectivity index (χ3n) is 4.63. The lowest BCUT2D eigenvalue weighted by atomic mass is 9.95. The lowest BCUT2D eigenvalue weighted by Gasteiger charge is -2.32. The number of amides is 1. The van der Waals surface area contributed by atoms with Crippen molar-refractivity contribution in [3.8, 4) is 0 Å². The van der Waals surface area contributed by atoms with E-state index in [2.05, 4.69) is 26.5 Å². The van der Waals surface area contributed by atoms with E-state index in [0.717, 1.165) is 41.5 Å². The number of carbonyl (C=O) groups excluding carboxylic acids is 1. The predicted octanol–water partition coefficient (Wildman–Crippen LogP) is 3.98. The molecule has 3 rings (SSSR count). The molecule has 1 heterocycles. The first-order valence-corrected chi connectivity index (χ1v) is 12.2. The lowest BCUT2D eigenvalue weighted by Crippen LogP contribution is -2.46. The van der Waals surface area contributed by atoms with Gasteiger partial charge in [0, 0.05) is 15.4 Å². The second kappa shape index (κ2) is 9.78. The number of benzene rings is 1. The number of hydrazone groups is 1. The van der Waals surface area contributed by atoms with Crippen molar-refractivity contribution in [1.29, 1.82) is 0 Å². The van der Waals surface area contributed by atoms with Crippen LogP contribution in [-0.2, 0) is 14.8 Å². The molecule has 1 saturated carbocycles. The van der Waals surface area contributed by atoms with Crippen LogP contribution in [-0.4, -0.2) is 37.4 Å². The zero-order valence-electron chi connectivity index (χ0n) is 15.3. The average molecular weight is 484 g/mol. The van der Waals surface area contributed by atoms with Gasteiger partial charge < -0.3 is 0 Å². The summed E-state index contributed by atoms with van der Waals surface area (Å²) in [6, 6.07) is 10.1. The number of nitrogens with zero attached hydrogens (tertiary/aromatic N) is 2. The minimum atomic E-state index is -3.78. The highest BCUT2D eigenvalue weighted by molar-refractivity contribution is 9.10. The maximum atomic E-state index is 13.2. The normalized spacial score (nSPS) is 15.9. The largest absolute Gasteiger partial charge is 0.272 e. The number of nitrogens with one attached hydrogen (secondary N) is 1. The highest BCUT2D eigenvalue weighted by Gasteiger charge is 2.33. The standard InChI is InChI=1S/C19H22BrN3O3S2/c20-15-8-10-18(11-9-15)28(25,26)23(16-5-2-1-3-6-16)14-19(24)22-21-13-17-7-4-12-27-17/h4,7-13,16H,1-3,5-6,14H2,(H,22,24)/b21-13+. The molecule has 1 aromatic heterocycles. The van der Waals surface area contributed by atoms with Crippen molar-refractivity contribution in [2.75, 3.05) is 6.54 Å². The van der Waals surface area contributed by atoms with Crippen LogP contribution in [0.2, 0.25) is 0 Å². The molecular formula is C19H22BrN3O3S2. The van der Waals surface area contributed by atoms with E-state index in [1.54, 1.807) is 30.5 Å². The highest BCUT2D eigenvalue weighted by atomic mass is 79.9. The van der Waals surface area contributed by atoms with Crippen LogP contribution in [0.5, 0.6) is 0 Å². The molecule has 6 nitrogen and oxygen atoms in total. The Morgan fingerprint density at radius 1 is 1.21 bits per heavy atom. The molecule has 0 aliphatic heterocycles. The Morgan fingerprint density at radius 3 is 2.57 bits per heavy atom. The van der Waals surface area contributed by atoms with Gasteiger partial charge in [0.15, 0.2) is 0 Å². The van der Waals surface area contributed by atoms with Crippen LogP contribution in [0.25, 0.3) is 0 Å². The molecule has 0 unspecified atom stereocenters. The first kappa shape index (κ1) is 21.2. The van der Waals surface area contributed by atoms with Crippen LogP contribution in [0.4, 0.5) is 0 Å². The van der Waals surface area contributed by atoms with E-state index in [0.29, 0.717) is 0 Å². The molecule has 150 valence electrons. The third-order valence-corrected chi connectivity index (χ3v) is 7.87. The minimum absolute atomic E-state index is 0.172. The molecule has 2 aromatic rings. The fourth-order valence-corrected chi connectivity index (χ4v) is 5.72. The van der Waals surface area contributed by atoms with E-state index in [1.807, 2.05) is 17.5 Å². The van der Waals surface area contributed by atoms with E-state index < -0.39 is 15.9 Å². The van der Waals surface area contributed by atoms with Gasteiger partial charge in [0.05, 0.1) is 17.7 Å². The van der Waals surface area contributed by atoms with Crippen LogP contribution < -0.4 is 5.43 Å². The topological polar surface area (TPSA) is 78.8 Å². The van der Waals surface area contributed by atoms with E-state index in [1.165, 1.54) is 15.6 Å². The monoisotopic (exact) mass is 483 g/mol. The zero-order chi connectivity index (χ0) is 20.0. The van der Waals surface area contributed by atoms with Gasteiger partial charge in [-0.2, -0.15) is 9.41 Å². The second-order valence-corrected chi connectivity index (χ2v) is 10.4. The van der Waals surface area contributed by atoms with E-state index in [-0.39, 0.29) is 17.5 Å². The SMILES string of the molecule is O=C(CN(C1CCCCC1)S(=O)(=O)c1ccc(Br)cc1)N/N=C/c1cccs1. The van der Waals surface area contributed by atoms with Crippen molar-refractivity contribution in [2.45, 2.75) is 43.0 Å². The molecule has 0 spiro atoms. The van der Waals surface area contributed by atoms with Crippen LogP contribution in [0.15, 0.2) is 56.2 Å². The van der Waals surface area contributed by atoms with Crippen molar-refractivity contribution < 1.29 is 13.2 Å². The molecule has 28 heavy (non-hydrogen) atoms. The van der Waals surface area contributed by atoms with Crippen LogP contribution in [0, 0.1) is 0 Å². The zero-order valence-corrected chi connectivity index (χ0v) is 18.5. The lowest BCUT2D eigenvalue weighted by molar-refractivity contribution is -0.121. The quantitative estimate of drug-likeness (QED) is 0.477. The van der Waals surface area contributed by atoms with Crippen molar-refractivity contribution in [2.24, 2.45) is 5.10 Å². The molecule has 1 aliphatic rings. The van der Waals surface area contributed by atoms with Crippen molar-refractivity contribution >= 4 is 49.4 Å². The molecule has 0 radical (unpaired) electrons. The van der Waals surface area contributed by atoms with E-state index >= 15 is 0 Å². The number of halogens is 1. The fraction of sp³-hybridized carbons (Fsp3) is 0.368. The van der Waals surface area contributed by atoms with Gasteiger partial charge in [-0.1, -0.05) is 41.3 Å². The van der Waals surface area contributed by atoms with Crippen LogP contribution >= 0.6 is 27.3 Å². The number of hydrogen-bond donors (Lipinski definition) is 1. The second-order valence-electron chi connectivity index (χ2n) is 6.60. The van der Waals surface area contributed by atoms with Gasteiger partial charge >= 0.3 is 0 Å². The van der Waals surface area contributed by atoms with Gasteiger partial charge in [0.1, 0.15) is 0 Å². The molecule has 1 fully saturated rings. The summed E-state index contributed by atoms with van der Waals surface area (Å²) in [6.45, 7) is -0.245. The van der Waals surface area contributed by atoms with Crippen molar-refractivity contribution in [1.82, 2.24) is 9.73 Å². The summed E-state index contributed by atoms with van der Waals surface area (Å²) in [6.07, 6.45) is 6.12. The molecular weight excluding hydrogens is 462 g/mol. The van der Waals surface area contributed by atoms with Gasteiger partial charge in [-0.25, -0.2) is 13.8 Å². The highest BCUT2D eigenvalue weighted by Crippen LogP contribution is 2.28. The summed E-state index contributed by atoms with van der Waals surface area (Å²) >= 11 is 4.83. The predicted molar refractivity (Wildman–Crippen MR) is 115 cm³/mol. The van der Waals surface area contributed by atoms with Gasteiger partial charge in [0.25, 0.3) is 5.91 Å². The van der Waals surface area contributed by atoms with Gasteiger partial charge in [-0.15, -0.1) is 11.3 Å². The Balaban J connectivity index is 1.76. The summed E-state index contributed by atoms with van der Waals surface area (Å²) in [4.78, 5) is 13.5. The van der Waals surface area contributed by atoms with Crippen LogP contribution in [0.1, 0.15) is 37.0 Å². The van der Waals surface area contributed by atoms with Crippen LogP contribution in [0.3, 0.4) is 0 Å². The molecule has 9 heteroatoms. The number of hydrogen-bond acceptors (Lipinski definition) is 5. The summed E-state index contributed by atoms with van der Waals surface area (Å²) in [5, 5.41) is 5.85. The molecule has 0 atom stereocenters. The first-order chi connectivity index (χ1) is 13.5. The van der Waals surface area contributed by atoms with Gasteiger partial charge in [-0.3, -0.25) is 4.79 Å². The summed E-state index contributed by atoms with van der Waals surface area (Å²) < 4.78 is 28.6. The first-order valence-electron chi connectivity index (χ1n) is 9.09. The number of carbonyl (C=O) groups is 1. The number of thiophene rings is 1. The van der Waals surface area contributed by atoms with Gasteiger partial charge in [-0.05, 0) is 48.6 Å². The van der Waals surface area contributed by atoms with E-state index in [4.69, 9.17) is 0 Å². The molecule has 1 aliphatic carbocycles. The smallest absolute Gasteiger partial charge is 0.255 e. The Kier molecular flexibility index (Phi) is 7.39. The maximum Gasteiger partial charge on any atom is 0.255 e. The molecule has 1 amide bonds. The van der Waals surface area contributed by atoms with Gasteiger partial charge in [0.2, 0.25) is 10.0 Å². The average Bonchev–Trinajstić information content (AvgIpc) is 3.20. The molecule has 0 saturated heterocycles. The van der Waals surface area contributed by atoms with Crippen molar-refractivity contribution in [3.63, 3.8) is 0 Å². The Bertz CT molecular complexity index is 906. The molecule has 0 bridgehead atoms. The minimum Gasteiger partial charge on any atom is -0.272 e. The Labute approximate surface area is 177 Å². The van der Waals surface area contributed by atoms with Crippen molar-refractivity contribution in [3.05, 3.63) is 51.1 Å². The fourth-order valence-electron chi connectivity index (χ4n) is 3.23. The summed E-state index contributed by atoms with van der Waals surface area (Å²) in [5.41, 5.74) is 2.45. The number of sulfonamides is 1. The Hall–Kier alpha value is -1.55. The van der Waals surface area contributed by atoms with E-state index in [9.17, 15) is 13.2 Å². The summed E-state index contributed by atoms with van der Waals surface area (Å²) in [5.74, 6) is -0.445. The third kappa shape index (κ3) is 5.50. The summed E-state index contributed by atoms with van der Waals surface area (Å²) in [7, 11) is -3.78. The maximum absolute atomic E-state index is 13.2. The molecule has 1 N–H and O–H groups in total.